The van der Waals surface area contributed by atoms with E-state index in [-0.39, 0.29) is 12.4 Å². The second-order valence-corrected chi connectivity index (χ2v) is 4.68. The van der Waals surface area contributed by atoms with Gasteiger partial charge < -0.3 is 14.6 Å². The molecule has 4 nitrogen and oxygen atoms in total. The highest BCUT2D eigenvalue weighted by molar-refractivity contribution is 6.27. The van der Waals surface area contributed by atoms with E-state index in [1.807, 2.05) is 30.3 Å². The summed E-state index contributed by atoms with van der Waals surface area (Å²) >= 11 is 0. The van der Waals surface area contributed by atoms with Gasteiger partial charge in [-0.05, 0) is 17.7 Å². The minimum Gasteiger partial charge on any atom is -0.507 e. The molecule has 2 aromatic carbocycles. The van der Waals surface area contributed by atoms with Crippen molar-refractivity contribution in [3.63, 3.8) is 0 Å². The molecule has 0 amide bonds. The van der Waals surface area contributed by atoms with Crippen molar-refractivity contribution >= 4 is 17.1 Å². The molecule has 0 saturated carbocycles. The lowest BCUT2D eigenvalue weighted by molar-refractivity contribution is -0.133. The van der Waals surface area contributed by atoms with Crippen LogP contribution in [0, 0.1) is 0 Å². The quantitative estimate of drug-likeness (QED) is 0.879. The number of esters is 1. The highest BCUT2D eigenvalue weighted by Gasteiger charge is 2.29. The summed E-state index contributed by atoms with van der Waals surface area (Å²) in [7, 11) is 1.52. The molecule has 0 bridgehead atoms. The molecule has 0 unspecified atom stereocenters. The van der Waals surface area contributed by atoms with Crippen molar-refractivity contribution < 1.29 is 19.4 Å². The first-order valence-corrected chi connectivity index (χ1v) is 6.54. The molecule has 0 saturated heterocycles. The first-order valence-electron chi connectivity index (χ1n) is 6.54. The van der Waals surface area contributed by atoms with Gasteiger partial charge in [0.15, 0.2) is 0 Å². The summed E-state index contributed by atoms with van der Waals surface area (Å²) in [5.74, 6) is 0.107. The molecular formula is C17H14O4. The second-order valence-electron chi connectivity index (χ2n) is 4.68. The first kappa shape index (κ1) is 13.2. The Morgan fingerprint density at radius 3 is 2.57 bits per heavy atom. The summed E-state index contributed by atoms with van der Waals surface area (Å²) in [4.78, 5) is 12.0. The smallest absolute Gasteiger partial charge is 0.339 e. The Kier molecular flexibility index (Phi) is 3.36. The standard InChI is InChI=1S/C17H14O4/c1-20-12-7-8-13(15(18)9-12)16-14(10-21-17(16)19)11-5-3-2-4-6-11/h2-9,18H,10H2,1H3. The molecule has 0 aromatic heterocycles. The normalized spacial score (nSPS) is 14.2. The fraction of sp³-hybridized carbons (Fsp3) is 0.118. The van der Waals surface area contributed by atoms with Crippen molar-refractivity contribution in [2.45, 2.75) is 0 Å². The van der Waals surface area contributed by atoms with Gasteiger partial charge in [0.1, 0.15) is 18.1 Å². The molecular weight excluding hydrogens is 268 g/mol. The van der Waals surface area contributed by atoms with Crippen LogP contribution >= 0.6 is 0 Å². The first-order chi connectivity index (χ1) is 10.2. The van der Waals surface area contributed by atoms with Gasteiger partial charge >= 0.3 is 5.97 Å². The van der Waals surface area contributed by atoms with Crippen molar-refractivity contribution in [2.75, 3.05) is 13.7 Å². The lowest BCUT2D eigenvalue weighted by Gasteiger charge is -2.08. The van der Waals surface area contributed by atoms with Crippen LogP contribution in [0.15, 0.2) is 48.5 Å². The van der Waals surface area contributed by atoms with Crippen molar-refractivity contribution in [3.8, 4) is 11.5 Å². The zero-order chi connectivity index (χ0) is 14.8. The molecule has 4 heteroatoms. The van der Waals surface area contributed by atoms with E-state index in [1.165, 1.54) is 13.2 Å². The van der Waals surface area contributed by atoms with Gasteiger partial charge in [-0.25, -0.2) is 4.79 Å². The van der Waals surface area contributed by atoms with Crippen molar-refractivity contribution in [1.29, 1.82) is 0 Å². The predicted molar refractivity (Wildman–Crippen MR) is 78.9 cm³/mol. The number of phenolic OH excluding ortho intramolecular Hbond substituents is 1. The fourth-order valence-corrected chi connectivity index (χ4v) is 2.39. The van der Waals surface area contributed by atoms with Crippen LogP contribution in [0.5, 0.6) is 11.5 Å². The monoisotopic (exact) mass is 282 g/mol. The topological polar surface area (TPSA) is 55.8 Å². The Labute approximate surface area is 122 Å². The molecule has 0 fully saturated rings. The summed E-state index contributed by atoms with van der Waals surface area (Å²) in [5.41, 5.74) is 2.55. The fourth-order valence-electron chi connectivity index (χ4n) is 2.39. The molecule has 3 rings (SSSR count). The number of rotatable bonds is 3. The Bertz CT molecular complexity index is 717. The van der Waals surface area contributed by atoms with E-state index >= 15 is 0 Å². The molecule has 1 aliphatic rings. The highest BCUT2D eigenvalue weighted by Crippen LogP contribution is 2.37. The van der Waals surface area contributed by atoms with Crippen LogP contribution in [0.25, 0.3) is 11.1 Å². The SMILES string of the molecule is COc1ccc(C2=C(c3ccccc3)COC2=O)c(O)c1. The van der Waals surface area contributed by atoms with Crippen molar-refractivity contribution in [1.82, 2.24) is 0 Å². The van der Waals surface area contributed by atoms with E-state index in [0.29, 0.717) is 16.9 Å². The molecule has 0 aliphatic carbocycles. The second kappa shape index (κ2) is 5.32. The Morgan fingerprint density at radius 1 is 1.14 bits per heavy atom. The van der Waals surface area contributed by atoms with E-state index in [9.17, 15) is 9.90 Å². The Balaban J connectivity index is 2.15. The average Bonchev–Trinajstić information content (AvgIpc) is 2.89. The number of carbonyl (C=O) groups excluding carboxylic acids is 1. The largest absolute Gasteiger partial charge is 0.507 e. The summed E-state index contributed by atoms with van der Waals surface area (Å²) in [6.07, 6.45) is 0. The van der Waals surface area contributed by atoms with Crippen molar-refractivity contribution in [3.05, 3.63) is 59.7 Å². The van der Waals surface area contributed by atoms with Gasteiger partial charge in [-0.15, -0.1) is 0 Å². The predicted octanol–water partition coefficient (Wildman–Crippen LogP) is 2.87. The summed E-state index contributed by atoms with van der Waals surface area (Å²) in [6.45, 7) is 0.212. The van der Waals surface area contributed by atoms with Gasteiger partial charge in [-0.3, -0.25) is 0 Å². The van der Waals surface area contributed by atoms with Gasteiger partial charge in [-0.1, -0.05) is 30.3 Å². The van der Waals surface area contributed by atoms with E-state index < -0.39 is 5.97 Å². The Morgan fingerprint density at radius 2 is 1.90 bits per heavy atom. The Hall–Kier alpha value is -2.75. The molecule has 0 atom stereocenters. The number of methoxy groups -OCH3 is 1. The minimum absolute atomic E-state index is 0.00312. The zero-order valence-corrected chi connectivity index (χ0v) is 11.5. The van der Waals surface area contributed by atoms with E-state index in [1.54, 1.807) is 12.1 Å². The lowest BCUT2D eigenvalue weighted by atomic mass is 9.96. The molecule has 0 spiro atoms. The number of ether oxygens (including phenoxy) is 2. The summed E-state index contributed by atoms with van der Waals surface area (Å²) in [6, 6.07) is 14.4. The van der Waals surface area contributed by atoms with Crippen LogP contribution in [0.1, 0.15) is 11.1 Å². The minimum atomic E-state index is -0.422. The van der Waals surface area contributed by atoms with Gasteiger partial charge in [0.05, 0.1) is 12.7 Å². The molecule has 1 aliphatic heterocycles. The molecule has 21 heavy (non-hydrogen) atoms. The van der Waals surface area contributed by atoms with Crippen LogP contribution in [0.4, 0.5) is 0 Å². The number of aromatic hydroxyl groups is 1. The number of hydrogen-bond acceptors (Lipinski definition) is 4. The molecule has 2 aromatic rings. The number of carbonyl (C=O) groups is 1. The zero-order valence-electron chi connectivity index (χ0n) is 11.5. The van der Waals surface area contributed by atoms with E-state index in [0.717, 1.165) is 11.1 Å². The third-order valence-corrected chi connectivity index (χ3v) is 3.45. The lowest BCUT2D eigenvalue weighted by Crippen LogP contribution is -1.99. The van der Waals surface area contributed by atoms with Gasteiger partial charge in [0, 0.05) is 17.2 Å². The number of hydrogen-bond donors (Lipinski definition) is 1. The maximum atomic E-state index is 12.0. The summed E-state index contributed by atoms with van der Waals surface area (Å²) in [5, 5.41) is 10.1. The van der Waals surface area contributed by atoms with Crippen molar-refractivity contribution in [2.24, 2.45) is 0 Å². The van der Waals surface area contributed by atoms with Crippen LogP contribution in [0.3, 0.4) is 0 Å². The van der Waals surface area contributed by atoms with Crippen LogP contribution in [0.2, 0.25) is 0 Å². The molecule has 0 radical (unpaired) electrons. The van der Waals surface area contributed by atoms with E-state index in [2.05, 4.69) is 0 Å². The number of cyclic esters (lactones) is 1. The van der Waals surface area contributed by atoms with Crippen LogP contribution in [-0.4, -0.2) is 24.8 Å². The maximum Gasteiger partial charge on any atom is 0.339 e. The van der Waals surface area contributed by atoms with Gasteiger partial charge in [0.2, 0.25) is 0 Å². The van der Waals surface area contributed by atoms with Crippen LogP contribution in [-0.2, 0) is 9.53 Å². The average molecular weight is 282 g/mol. The molecule has 1 N–H and O–H groups in total. The number of phenols is 1. The molecule has 106 valence electrons. The van der Waals surface area contributed by atoms with Gasteiger partial charge in [-0.2, -0.15) is 0 Å². The highest BCUT2D eigenvalue weighted by atomic mass is 16.5. The van der Waals surface area contributed by atoms with Crippen LogP contribution < -0.4 is 4.74 Å². The van der Waals surface area contributed by atoms with E-state index in [4.69, 9.17) is 9.47 Å². The number of benzene rings is 2. The maximum absolute atomic E-state index is 12.0. The third kappa shape index (κ3) is 2.36. The third-order valence-electron chi connectivity index (χ3n) is 3.45. The van der Waals surface area contributed by atoms with Gasteiger partial charge in [0.25, 0.3) is 0 Å². The molecule has 1 heterocycles. The summed E-state index contributed by atoms with van der Waals surface area (Å²) < 4.78 is 10.2.